The average molecular weight is 195 g/mol. The van der Waals surface area contributed by atoms with Crippen LogP contribution in [0.1, 0.15) is 40.0 Å². The van der Waals surface area contributed by atoms with Crippen LogP contribution in [-0.2, 0) is 6.54 Å². The van der Waals surface area contributed by atoms with Gasteiger partial charge in [0.2, 0.25) is 0 Å². The van der Waals surface area contributed by atoms with Crippen LogP contribution in [0.2, 0.25) is 0 Å². The summed E-state index contributed by atoms with van der Waals surface area (Å²) >= 11 is 0. The largest absolute Gasteiger partial charge is 0.368 e. The molecule has 0 aliphatic heterocycles. The molecule has 0 aromatic carbocycles. The Kier molecular flexibility index (Phi) is 4.50. The van der Waals surface area contributed by atoms with Gasteiger partial charge in [0.05, 0.1) is 6.20 Å². The van der Waals surface area contributed by atoms with E-state index in [1.807, 2.05) is 12.3 Å². The number of nitrogens with one attached hydrogen (secondary N) is 1. The van der Waals surface area contributed by atoms with E-state index >= 15 is 0 Å². The third kappa shape index (κ3) is 3.05. The minimum absolute atomic E-state index is 0.520. The van der Waals surface area contributed by atoms with Crippen molar-refractivity contribution in [3.63, 3.8) is 0 Å². The average Bonchev–Trinajstić information content (AvgIpc) is 2.62. The summed E-state index contributed by atoms with van der Waals surface area (Å²) in [7, 11) is 0. The van der Waals surface area contributed by atoms with E-state index in [0.717, 1.165) is 18.8 Å². The molecular weight excluding hydrogens is 174 g/mol. The molecular formula is C11H21N3. The highest BCUT2D eigenvalue weighted by molar-refractivity contribution is 5.34. The highest BCUT2D eigenvalue weighted by atomic mass is 15.3. The molecule has 0 aliphatic carbocycles. The number of unbranched alkanes of at least 4 members (excludes halogenated alkanes) is 1. The summed E-state index contributed by atoms with van der Waals surface area (Å²) < 4.78 is 2.05. The van der Waals surface area contributed by atoms with Crippen LogP contribution in [-0.4, -0.2) is 15.8 Å². The number of aromatic nitrogens is 2. The molecule has 80 valence electrons. The third-order valence-electron chi connectivity index (χ3n) is 2.45. The Morgan fingerprint density at radius 3 is 2.93 bits per heavy atom. The zero-order chi connectivity index (χ0) is 10.4. The Labute approximate surface area is 86.5 Å². The van der Waals surface area contributed by atoms with Crippen LogP contribution in [0, 0.1) is 0 Å². The quantitative estimate of drug-likeness (QED) is 0.756. The fraction of sp³-hybridized carbons (Fsp3) is 0.727. The first-order valence-corrected chi connectivity index (χ1v) is 5.56. The second-order valence-electron chi connectivity index (χ2n) is 3.75. The van der Waals surface area contributed by atoms with Crippen LogP contribution < -0.4 is 5.32 Å². The minimum atomic E-state index is 0.520. The van der Waals surface area contributed by atoms with Crippen LogP contribution in [0.25, 0.3) is 0 Å². The van der Waals surface area contributed by atoms with Crippen molar-refractivity contribution < 1.29 is 0 Å². The van der Waals surface area contributed by atoms with Gasteiger partial charge in [0.15, 0.2) is 0 Å². The predicted octanol–water partition coefficient (Wildman–Crippen LogP) is 2.89. The number of hydrogen-bond donors (Lipinski definition) is 1. The Morgan fingerprint density at radius 2 is 2.29 bits per heavy atom. The molecule has 0 radical (unpaired) electrons. The topological polar surface area (TPSA) is 29.9 Å². The molecule has 1 aromatic rings. The number of hydrogen-bond acceptors (Lipinski definition) is 2. The molecule has 1 rings (SSSR count). The number of nitrogens with zero attached hydrogens (tertiary/aromatic N) is 2. The number of anilines is 1. The van der Waals surface area contributed by atoms with Gasteiger partial charge in [0.1, 0.15) is 5.82 Å². The molecule has 1 N–H and O–H groups in total. The van der Waals surface area contributed by atoms with Gasteiger partial charge in [-0.1, -0.05) is 20.3 Å². The smallest absolute Gasteiger partial charge is 0.124 e. The normalized spacial score (nSPS) is 12.8. The Hall–Kier alpha value is -0.990. The fourth-order valence-electron chi connectivity index (χ4n) is 1.30. The lowest BCUT2D eigenvalue weighted by Gasteiger charge is -2.14. The van der Waals surface area contributed by atoms with Gasteiger partial charge in [-0.15, -0.1) is 0 Å². The van der Waals surface area contributed by atoms with Crippen molar-refractivity contribution in [1.82, 2.24) is 9.78 Å². The van der Waals surface area contributed by atoms with E-state index in [1.54, 1.807) is 0 Å². The molecule has 0 amide bonds. The van der Waals surface area contributed by atoms with E-state index in [9.17, 15) is 0 Å². The Balaban J connectivity index is 2.53. The summed E-state index contributed by atoms with van der Waals surface area (Å²) in [4.78, 5) is 0. The molecule has 0 bridgehead atoms. The minimum Gasteiger partial charge on any atom is -0.368 e. The van der Waals surface area contributed by atoms with Gasteiger partial charge < -0.3 is 5.32 Å². The maximum atomic E-state index is 4.30. The van der Waals surface area contributed by atoms with Crippen molar-refractivity contribution >= 4 is 5.82 Å². The van der Waals surface area contributed by atoms with Crippen LogP contribution >= 0.6 is 0 Å². The molecule has 1 atom stereocenters. The predicted molar refractivity (Wildman–Crippen MR) is 60.5 cm³/mol. The molecule has 1 aromatic heterocycles. The van der Waals surface area contributed by atoms with Crippen LogP contribution in [0.15, 0.2) is 12.3 Å². The summed E-state index contributed by atoms with van der Waals surface area (Å²) in [6.45, 7) is 7.59. The highest BCUT2D eigenvalue weighted by Crippen LogP contribution is 2.10. The van der Waals surface area contributed by atoms with Gasteiger partial charge in [0.25, 0.3) is 0 Å². The lowest BCUT2D eigenvalue weighted by Crippen LogP contribution is -2.17. The molecule has 14 heavy (non-hydrogen) atoms. The van der Waals surface area contributed by atoms with Crippen molar-refractivity contribution in [2.75, 3.05) is 5.32 Å². The van der Waals surface area contributed by atoms with Crippen molar-refractivity contribution in [2.45, 2.75) is 52.6 Å². The molecule has 0 saturated carbocycles. The molecule has 0 saturated heterocycles. The lowest BCUT2D eigenvalue weighted by atomic mass is 10.2. The molecule has 1 heterocycles. The van der Waals surface area contributed by atoms with E-state index in [1.165, 1.54) is 12.8 Å². The summed E-state index contributed by atoms with van der Waals surface area (Å²) in [6.07, 6.45) is 5.40. The van der Waals surface area contributed by atoms with Gasteiger partial charge in [-0.05, 0) is 19.8 Å². The van der Waals surface area contributed by atoms with Crippen molar-refractivity contribution in [3.8, 4) is 0 Å². The van der Waals surface area contributed by atoms with Gasteiger partial charge in [-0.3, -0.25) is 0 Å². The van der Waals surface area contributed by atoms with E-state index in [4.69, 9.17) is 0 Å². The van der Waals surface area contributed by atoms with Gasteiger partial charge in [-0.2, -0.15) is 5.10 Å². The fourth-order valence-corrected chi connectivity index (χ4v) is 1.30. The standard InChI is InChI=1S/C11H21N3/c1-4-6-9-14-11(7-8-12-14)13-10(3)5-2/h7-8,10,13H,4-6,9H2,1-3H3. The van der Waals surface area contributed by atoms with E-state index in [2.05, 4.69) is 35.9 Å². The summed E-state index contributed by atoms with van der Waals surface area (Å²) in [5.74, 6) is 1.15. The summed E-state index contributed by atoms with van der Waals surface area (Å²) in [5.41, 5.74) is 0. The van der Waals surface area contributed by atoms with Crippen LogP contribution in [0.4, 0.5) is 5.82 Å². The maximum absolute atomic E-state index is 4.30. The molecule has 1 unspecified atom stereocenters. The summed E-state index contributed by atoms with van der Waals surface area (Å²) in [5, 5.41) is 7.74. The Morgan fingerprint density at radius 1 is 1.50 bits per heavy atom. The number of rotatable bonds is 6. The first kappa shape index (κ1) is 11.1. The molecule has 3 nitrogen and oxygen atoms in total. The molecule has 0 spiro atoms. The first-order valence-electron chi connectivity index (χ1n) is 5.56. The molecule has 3 heteroatoms. The SMILES string of the molecule is CCCCn1nccc1NC(C)CC. The second kappa shape index (κ2) is 5.68. The van der Waals surface area contributed by atoms with E-state index in [0.29, 0.717) is 6.04 Å². The molecule has 0 aliphatic rings. The van der Waals surface area contributed by atoms with Crippen molar-refractivity contribution in [1.29, 1.82) is 0 Å². The summed E-state index contributed by atoms with van der Waals surface area (Å²) in [6, 6.07) is 2.56. The van der Waals surface area contributed by atoms with Gasteiger partial charge >= 0.3 is 0 Å². The second-order valence-corrected chi connectivity index (χ2v) is 3.75. The third-order valence-corrected chi connectivity index (χ3v) is 2.45. The van der Waals surface area contributed by atoms with E-state index < -0.39 is 0 Å². The Bertz CT molecular complexity index is 255. The van der Waals surface area contributed by atoms with Crippen LogP contribution in [0.3, 0.4) is 0 Å². The van der Waals surface area contributed by atoms with Gasteiger partial charge in [0, 0.05) is 18.7 Å². The van der Waals surface area contributed by atoms with Crippen molar-refractivity contribution in [3.05, 3.63) is 12.3 Å². The van der Waals surface area contributed by atoms with Crippen molar-refractivity contribution in [2.24, 2.45) is 0 Å². The molecule has 0 fully saturated rings. The van der Waals surface area contributed by atoms with E-state index in [-0.39, 0.29) is 0 Å². The zero-order valence-electron chi connectivity index (χ0n) is 9.45. The van der Waals surface area contributed by atoms with Gasteiger partial charge in [-0.25, -0.2) is 4.68 Å². The lowest BCUT2D eigenvalue weighted by molar-refractivity contribution is 0.571. The van der Waals surface area contributed by atoms with Crippen LogP contribution in [0.5, 0.6) is 0 Å². The number of aryl methyl sites for hydroxylation is 1. The highest BCUT2D eigenvalue weighted by Gasteiger charge is 2.03. The zero-order valence-corrected chi connectivity index (χ0v) is 9.45. The monoisotopic (exact) mass is 195 g/mol. The maximum Gasteiger partial charge on any atom is 0.124 e. The first-order chi connectivity index (χ1) is 6.77.